The monoisotopic (exact) mass is 360 g/mol. The van der Waals surface area contributed by atoms with Gasteiger partial charge < -0.3 is 14.2 Å². The summed E-state index contributed by atoms with van der Waals surface area (Å²) in [4.78, 5) is 14.0. The highest BCUT2D eigenvalue weighted by molar-refractivity contribution is 7.14. The third-order valence-electron chi connectivity index (χ3n) is 3.65. The number of nitrogens with zero attached hydrogens (tertiary/aromatic N) is 3. The highest BCUT2D eigenvalue weighted by Gasteiger charge is 2.14. The van der Waals surface area contributed by atoms with Crippen LogP contribution in [0.25, 0.3) is 10.6 Å². The zero-order valence-corrected chi connectivity index (χ0v) is 15.2. The van der Waals surface area contributed by atoms with Crippen LogP contribution in [0.5, 0.6) is 0 Å². The summed E-state index contributed by atoms with van der Waals surface area (Å²) in [5.74, 6) is 1.27. The van der Waals surface area contributed by atoms with Gasteiger partial charge >= 0.3 is 0 Å². The summed E-state index contributed by atoms with van der Waals surface area (Å²) in [6.45, 7) is 7.06. The topological polar surface area (TPSA) is 93.9 Å². The minimum Gasteiger partial charge on any atom is -0.374 e. The number of hydrogen-bond donors (Lipinski definition) is 1. The van der Waals surface area contributed by atoms with Crippen LogP contribution in [-0.2, 0) is 11.3 Å². The fourth-order valence-corrected chi connectivity index (χ4v) is 3.08. The summed E-state index contributed by atoms with van der Waals surface area (Å²) in [5, 5.41) is 14.0. The number of hydrogen-bond acceptors (Lipinski definition) is 7. The molecule has 7 nitrogen and oxygen atoms in total. The molecule has 0 aliphatic carbocycles. The van der Waals surface area contributed by atoms with Crippen molar-refractivity contribution in [2.24, 2.45) is 0 Å². The summed E-state index contributed by atoms with van der Waals surface area (Å²) in [6.07, 6.45) is 1.61. The van der Waals surface area contributed by atoms with Crippen LogP contribution in [-0.4, -0.2) is 26.9 Å². The Bertz CT molecular complexity index is 884. The summed E-state index contributed by atoms with van der Waals surface area (Å²) in [6, 6.07) is 5.25. The van der Waals surface area contributed by atoms with E-state index in [0.29, 0.717) is 19.1 Å². The van der Waals surface area contributed by atoms with Gasteiger partial charge in [0.25, 0.3) is 0 Å². The van der Waals surface area contributed by atoms with Crippen molar-refractivity contribution in [2.45, 2.75) is 39.2 Å². The van der Waals surface area contributed by atoms with Crippen LogP contribution in [0.15, 0.2) is 33.7 Å². The molecule has 0 spiro atoms. The summed E-state index contributed by atoms with van der Waals surface area (Å²) >= 11 is 1.47. The molecule has 3 aromatic heterocycles. The number of ether oxygens (including phenoxy) is 1. The number of rotatable bonds is 7. The standard InChI is InChI=1S/C17H20N4O3S/c1-10(2)14-7-13(21-24-14)9-23-8-11(3)16-19-20-17(25-16)12-4-5-18-15(22)6-12/h4-7,10-11H,8-9H2,1-3H3,(H,18,22). The van der Waals surface area contributed by atoms with Gasteiger partial charge in [-0.05, 0) is 6.07 Å². The lowest BCUT2D eigenvalue weighted by molar-refractivity contribution is 0.105. The van der Waals surface area contributed by atoms with Gasteiger partial charge in [0.2, 0.25) is 5.56 Å². The molecule has 0 fully saturated rings. The highest BCUT2D eigenvalue weighted by Crippen LogP contribution is 2.27. The van der Waals surface area contributed by atoms with E-state index in [1.54, 1.807) is 6.20 Å². The maximum Gasteiger partial charge on any atom is 0.248 e. The normalized spacial score (nSPS) is 12.6. The Kier molecular flexibility index (Phi) is 5.40. The van der Waals surface area contributed by atoms with E-state index < -0.39 is 0 Å². The molecule has 3 aromatic rings. The minimum absolute atomic E-state index is 0.102. The first kappa shape index (κ1) is 17.5. The van der Waals surface area contributed by atoms with Gasteiger partial charge in [0.05, 0.1) is 13.2 Å². The highest BCUT2D eigenvalue weighted by atomic mass is 32.1. The van der Waals surface area contributed by atoms with Gasteiger partial charge in [-0.1, -0.05) is 37.3 Å². The van der Waals surface area contributed by atoms with E-state index in [1.807, 2.05) is 19.1 Å². The Labute approximate surface area is 149 Å². The van der Waals surface area contributed by atoms with E-state index in [-0.39, 0.29) is 11.5 Å². The van der Waals surface area contributed by atoms with E-state index in [0.717, 1.165) is 27.0 Å². The van der Waals surface area contributed by atoms with Gasteiger partial charge in [-0.15, -0.1) is 10.2 Å². The molecule has 0 saturated heterocycles. The van der Waals surface area contributed by atoms with Crippen molar-refractivity contribution in [2.75, 3.05) is 6.61 Å². The molecular formula is C17H20N4O3S. The van der Waals surface area contributed by atoms with Crippen molar-refractivity contribution in [3.63, 3.8) is 0 Å². The number of aromatic nitrogens is 4. The predicted molar refractivity (Wildman–Crippen MR) is 94.6 cm³/mol. The molecule has 3 rings (SSSR count). The molecule has 1 atom stereocenters. The van der Waals surface area contributed by atoms with Crippen LogP contribution in [0.1, 0.15) is 49.1 Å². The van der Waals surface area contributed by atoms with Gasteiger partial charge in [-0.3, -0.25) is 4.79 Å². The van der Waals surface area contributed by atoms with E-state index in [4.69, 9.17) is 9.26 Å². The van der Waals surface area contributed by atoms with Crippen molar-refractivity contribution in [1.82, 2.24) is 20.3 Å². The van der Waals surface area contributed by atoms with Crippen molar-refractivity contribution < 1.29 is 9.26 Å². The average molecular weight is 360 g/mol. The zero-order valence-electron chi connectivity index (χ0n) is 14.4. The lowest BCUT2D eigenvalue weighted by Crippen LogP contribution is -2.04. The molecule has 1 unspecified atom stereocenters. The van der Waals surface area contributed by atoms with Crippen molar-refractivity contribution in [3.8, 4) is 10.6 Å². The maximum atomic E-state index is 11.4. The first-order valence-electron chi connectivity index (χ1n) is 8.08. The van der Waals surface area contributed by atoms with Gasteiger partial charge in [0, 0.05) is 35.7 Å². The van der Waals surface area contributed by atoms with Gasteiger partial charge in [-0.2, -0.15) is 0 Å². The smallest absolute Gasteiger partial charge is 0.248 e. The van der Waals surface area contributed by atoms with Crippen LogP contribution >= 0.6 is 11.3 Å². The lowest BCUT2D eigenvalue weighted by atomic mass is 10.1. The summed E-state index contributed by atoms with van der Waals surface area (Å²) < 4.78 is 11.0. The van der Waals surface area contributed by atoms with E-state index in [2.05, 4.69) is 34.2 Å². The molecule has 0 bridgehead atoms. The molecule has 0 aliphatic rings. The van der Waals surface area contributed by atoms with E-state index in [9.17, 15) is 4.79 Å². The first-order valence-corrected chi connectivity index (χ1v) is 8.90. The van der Waals surface area contributed by atoms with Crippen LogP contribution in [0.4, 0.5) is 0 Å². The Balaban J connectivity index is 1.56. The Morgan fingerprint density at radius 2 is 2.12 bits per heavy atom. The summed E-state index contributed by atoms with van der Waals surface area (Å²) in [5.41, 5.74) is 1.40. The first-order chi connectivity index (χ1) is 12.0. The SMILES string of the molecule is CC(C)c1cc(COCC(C)c2nnc(-c3cc[nH]c(=O)c3)s2)no1. The molecule has 0 aromatic carbocycles. The van der Waals surface area contributed by atoms with Crippen molar-refractivity contribution >= 4 is 11.3 Å². The van der Waals surface area contributed by atoms with Crippen LogP contribution in [0, 0.1) is 0 Å². The van der Waals surface area contributed by atoms with E-state index >= 15 is 0 Å². The van der Waals surface area contributed by atoms with Crippen molar-refractivity contribution in [3.05, 3.63) is 51.2 Å². The van der Waals surface area contributed by atoms with E-state index in [1.165, 1.54) is 17.4 Å². The minimum atomic E-state index is -0.154. The lowest BCUT2D eigenvalue weighted by Gasteiger charge is -2.07. The fraction of sp³-hybridized carbons (Fsp3) is 0.412. The number of H-pyrrole nitrogens is 1. The zero-order chi connectivity index (χ0) is 17.8. The fourth-order valence-electron chi connectivity index (χ4n) is 2.21. The molecule has 0 amide bonds. The summed E-state index contributed by atoms with van der Waals surface area (Å²) in [7, 11) is 0. The Hall–Kier alpha value is -2.32. The van der Waals surface area contributed by atoms with Crippen molar-refractivity contribution in [1.29, 1.82) is 0 Å². The van der Waals surface area contributed by atoms with Crippen LogP contribution < -0.4 is 5.56 Å². The second kappa shape index (κ2) is 7.71. The second-order valence-corrected chi connectivity index (χ2v) is 7.19. The second-order valence-electron chi connectivity index (χ2n) is 6.18. The van der Waals surface area contributed by atoms with Crippen LogP contribution in [0.3, 0.4) is 0 Å². The van der Waals surface area contributed by atoms with Gasteiger partial charge in [-0.25, -0.2) is 0 Å². The molecular weight excluding hydrogens is 340 g/mol. The number of pyridine rings is 1. The number of aromatic amines is 1. The molecule has 132 valence electrons. The van der Waals surface area contributed by atoms with Gasteiger partial charge in [0.15, 0.2) is 0 Å². The van der Waals surface area contributed by atoms with Gasteiger partial charge in [0.1, 0.15) is 21.5 Å². The molecule has 1 N–H and O–H groups in total. The third-order valence-corrected chi connectivity index (χ3v) is 4.85. The molecule has 3 heterocycles. The molecule has 25 heavy (non-hydrogen) atoms. The molecule has 0 aliphatic heterocycles. The number of nitrogens with one attached hydrogen (secondary N) is 1. The largest absolute Gasteiger partial charge is 0.374 e. The Morgan fingerprint density at radius 3 is 2.84 bits per heavy atom. The molecule has 0 saturated carbocycles. The molecule has 8 heteroatoms. The predicted octanol–water partition coefficient (Wildman–Crippen LogP) is 3.33. The molecule has 0 radical (unpaired) electrons. The maximum absolute atomic E-state index is 11.4. The third kappa shape index (κ3) is 4.40. The Morgan fingerprint density at radius 1 is 1.28 bits per heavy atom. The average Bonchev–Trinajstić information content (AvgIpc) is 3.24. The van der Waals surface area contributed by atoms with Crippen LogP contribution in [0.2, 0.25) is 0 Å². The quantitative estimate of drug-likeness (QED) is 0.694.